The first-order chi connectivity index (χ1) is 7.53. The fourth-order valence-electron chi connectivity index (χ4n) is 1.14. The number of aromatic nitrogens is 2. The molecule has 7 heteroatoms. The summed E-state index contributed by atoms with van der Waals surface area (Å²) in [6.07, 6.45) is 1.98. The van der Waals surface area contributed by atoms with Gasteiger partial charge in [-0.1, -0.05) is 12.1 Å². The number of hydrogen-bond donors (Lipinski definition) is 4. The summed E-state index contributed by atoms with van der Waals surface area (Å²) < 4.78 is 0. The highest BCUT2D eigenvalue weighted by molar-refractivity contribution is 5.98. The third-order valence-corrected chi connectivity index (χ3v) is 2.51. The first-order valence-corrected chi connectivity index (χ1v) is 4.83. The molecule has 0 radical (unpaired) electrons. The van der Waals surface area contributed by atoms with Crippen LogP contribution in [0.2, 0.25) is 0 Å². The van der Waals surface area contributed by atoms with Crippen LogP contribution >= 0.6 is 0 Å². The highest BCUT2D eigenvalue weighted by Crippen LogP contribution is 2.10. The van der Waals surface area contributed by atoms with E-state index in [-0.39, 0.29) is 11.7 Å². The molecule has 1 rings (SSSR count). The van der Waals surface area contributed by atoms with Crippen LogP contribution in [0.1, 0.15) is 30.8 Å². The van der Waals surface area contributed by atoms with Crippen LogP contribution < -0.4 is 11.1 Å². The number of H-pyrrole nitrogens is 1. The standard InChI is InChI=1S/C9H15N5O2/c1-3-9(2,8(10)14-16)12-7(15)6-4-5-11-13-6/h4-5,16H,3H2,1-2H3,(H2,10,14)(H,11,13)(H,12,15). The van der Waals surface area contributed by atoms with E-state index in [0.29, 0.717) is 12.1 Å². The van der Waals surface area contributed by atoms with Gasteiger partial charge in [-0.2, -0.15) is 5.10 Å². The fraction of sp³-hybridized carbons (Fsp3) is 0.444. The molecule has 1 amide bonds. The second-order valence-electron chi connectivity index (χ2n) is 3.60. The van der Waals surface area contributed by atoms with Crippen molar-refractivity contribution in [3.63, 3.8) is 0 Å². The third-order valence-electron chi connectivity index (χ3n) is 2.51. The Kier molecular flexibility index (Phi) is 3.49. The van der Waals surface area contributed by atoms with Gasteiger partial charge in [-0.3, -0.25) is 9.89 Å². The van der Waals surface area contributed by atoms with Crippen molar-refractivity contribution in [3.05, 3.63) is 18.0 Å². The van der Waals surface area contributed by atoms with Crippen LogP contribution in [-0.4, -0.2) is 32.7 Å². The van der Waals surface area contributed by atoms with Gasteiger partial charge in [-0.15, -0.1) is 0 Å². The molecule has 0 bridgehead atoms. The monoisotopic (exact) mass is 225 g/mol. The van der Waals surface area contributed by atoms with Crippen LogP contribution in [0.15, 0.2) is 17.4 Å². The Morgan fingerprint density at radius 2 is 2.50 bits per heavy atom. The molecular weight excluding hydrogens is 210 g/mol. The van der Waals surface area contributed by atoms with Crippen LogP contribution in [0.5, 0.6) is 0 Å². The van der Waals surface area contributed by atoms with Gasteiger partial charge in [0.1, 0.15) is 5.69 Å². The Morgan fingerprint density at radius 1 is 1.81 bits per heavy atom. The van der Waals surface area contributed by atoms with Crippen molar-refractivity contribution in [1.29, 1.82) is 0 Å². The molecule has 0 saturated heterocycles. The van der Waals surface area contributed by atoms with Crippen molar-refractivity contribution in [1.82, 2.24) is 15.5 Å². The molecule has 88 valence electrons. The minimum atomic E-state index is -0.878. The van der Waals surface area contributed by atoms with E-state index in [9.17, 15) is 4.79 Å². The number of aromatic amines is 1. The van der Waals surface area contributed by atoms with E-state index in [1.165, 1.54) is 12.3 Å². The van der Waals surface area contributed by atoms with Crippen LogP contribution in [0, 0.1) is 0 Å². The van der Waals surface area contributed by atoms with Crippen molar-refractivity contribution in [3.8, 4) is 0 Å². The summed E-state index contributed by atoms with van der Waals surface area (Å²) in [6, 6.07) is 1.54. The van der Waals surface area contributed by atoms with E-state index < -0.39 is 5.54 Å². The lowest BCUT2D eigenvalue weighted by Crippen LogP contribution is -2.55. The first-order valence-electron chi connectivity index (χ1n) is 4.83. The average Bonchev–Trinajstić information content (AvgIpc) is 2.81. The van der Waals surface area contributed by atoms with Gasteiger partial charge >= 0.3 is 0 Å². The molecule has 0 aliphatic carbocycles. The molecule has 0 fully saturated rings. The number of nitrogens with zero attached hydrogens (tertiary/aromatic N) is 2. The highest BCUT2D eigenvalue weighted by atomic mass is 16.4. The van der Waals surface area contributed by atoms with Gasteiger partial charge in [-0.25, -0.2) is 0 Å². The molecule has 0 aliphatic heterocycles. The van der Waals surface area contributed by atoms with E-state index in [1.807, 2.05) is 6.92 Å². The number of hydrogen-bond acceptors (Lipinski definition) is 4. The summed E-state index contributed by atoms with van der Waals surface area (Å²) in [7, 11) is 0. The summed E-state index contributed by atoms with van der Waals surface area (Å²) in [5.74, 6) is -0.392. The van der Waals surface area contributed by atoms with Crippen molar-refractivity contribution >= 4 is 11.7 Å². The van der Waals surface area contributed by atoms with Crippen LogP contribution in [0.25, 0.3) is 0 Å². The van der Waals surface area contributed by atoms with Gasteiger partial charge in [0.15, 0.2) is 5.84 Å². The molecule has 1 atom stereocenters. The smallest absolute Gasteiger partial charge is 0.270 e. The van der Waals surface area contributed by atoms with Crippen molar-refractivity contribution in [2.24, 2.45) is 10.9 Å². The number of nitrogens with two attached hydrogens (primary N) is 1. The SMILES string of the molecule is CCC(C)(NC(=O)c1ccn[nH]1)C(N)=NO. The number of amidine groups is 1. The summed E-state index contributed by atoms with van der Waals surface area (Å²) in [5.41, 5.74) is 4.97. The van der Waals surface area contributed by atoms with E-state index in [1.54, 1.807) is 6.92 Å². The summed E-state index contributed by atoms with van der Waals surface area (Å²) in [5, 5.41) is 20.4. The van der Waals surface area contributed by atoms with Crippen molar-refractivity contribution < 1.29 is 10.0 Å². The second-order valence-corrected chi connectivity index (χ2v) is 3.60. The lowest BCUT2D eigenvalue weighted by atomic mass is 9.97. The zero-order valence-electron chi connectivity index (χ0n) is 9.19. The van der Waals surface area contributed by atoms with Crippen LogP contribution in [-0.2, 0) is 0 Å². The maximum Gasteiger partial charge on any atom is 0.270 e. The maximum absolute atomic E-state index is 11.7. The maximum atomic E-state index is 11.7. The minimum Gasteiger partial charge on any atom is -0.409 e. The van der Waals surface area contributed by atoms with Gasteiger partial charge in [0.25, 0.3) is 5.91 Å². The zero-order valence-corrected chi connectivity index (χ0v) is 9.19. The predicted octanol–water partition coefficient (Wildman–Crippen LogP) is 0.0546. The van der Waals surface area contributed by atoms with E-state index >= 15 is 0 Å². The minimum absolute atomic E-state index is 0.0390. The molecular formula is C9H15N5O2. The quantitative estimate of drug-likeness (QED) is 0.251. The fourth-order valence-corrected chi connectivity index (χ4v) is 1.14. The van der Waals surface area contributed by atoms with E-state index in [2.05, 4.69) is 20.7 Å². The molecule has 0 spiro atoms. The Morgan fingerprint density at radius 3 is 2.94 bits per heavy atom. The Balaban J connectivity index is 2.82. The number of amides is 1. The molecule has 7 nitrogen and oxygen atoms in total. The summed E-state index contributed by atoms with van der Waals surface area (Å²) in [4.78, 5) is 11.7. The molecule has 1 heterocycles. The van der Waals surface area contributed by atoms with Crippen LogP contribution in [0.4, 0.5) is 0 Å². The third kappa shape index (κ3) is 2.30. The number of rotatable bonds is 4. The summed E-state index contributed by atoms with van der Waals surface area (Å²) in [6.45, 7) is 3.50. The largest absolute Gasteiger partial charge is 0.409 e. The lowest BCUT2D eigenvalue weighted by molar-refractivity contribution is 0.0920. The van der Waals surface area contributed by atoms with Gasteiger partial charge in [0.2, 0.25) is 0 Å². The Bertz CT molecular complexity index is 387. The molecule has 5 N–H and O–H groups in total. The zero-order chi connectivity index (χ0) is 12.2. The molecule has 1 aromatic heterocycles. The number of nitrogens with one attached hydrogen (secondary N) is 2. The molecule has 0 saturated carbocycles. The predicted molar refractivity (Wildman–Crippen MR) is 58.2 cm³/mol. The molecule has 16 heavy (non-hydrogen) atoms. The molecule has 0 aromatic carbocycles. The first kappa shape index (κ1) is 12.0. The van der Waals surface area contributed by atoms with Gasteiger partial charge < -0.3 is 16.3 Å². The van der Waals surface area contributed by atoms with Gasteiger partial charge in [0.05, 0.1) is 5.54 Å². The van der Waals surface area contributed by atoms with E-state index in [4.69, 9.17) is 10.9 Å². The number of carbonyl (C=O) groups excluding carboxylic acids is 1. The summed E-state index contributed by atoms with van der Waals surface area (Å²) >= 11 is 0. The van der Waals surface area contributed by atoms with E-state index in [0.717, 1.165) is 0 Å². The lowest BCUT2D eigenvalue weighted by Gasteiger charge is -2.27. The number of carbonyl (C=O) groups is 1. The Labute approximate surface area is 92.7 Å². The number of oxime groups is 1. The van der Waals surface area contributed by atoms with Crippen LogP contribution in [0.3, 0.4) is 0 Å². The van der Waals surface area contributed by atoms with Gasteiger partial charge in [-0.05, 0) is 19.4 Å². The molecule has 1 unspecified atom stereocenters. The topological polar surface area (TPSA) is 116 Å². The van der Waals surface area contributed by atoms with Crippen molar-refractivity contribution in [2.45, 2.75) is 25.8 Å². The second kappa shape index (κ2) is 4.65. The molecule has 1 aromatic rings. The van der Waals surface area contributed by atoms with Crippen molar-refractivity contribution in [2.75, 3.05) is 0 Å². The molecule has 0 aliphatic rings. The van der Waals surface area contributed by atoms with Gasteiger partial charge in [0, 0.05) is 6.20 Å². The Hall–Kier alpha value is -2.05. The highest BCUT2D eigenvalue weighted by Gasteiger charge is 2.30. The average molecular weight is 225 g/mol. The normalized spacial score (nSPS) is 15.5.